The number of nitrogens with two attached hydrogens (primary N) is 2. The van der Waals surface area contributed by atoms with E-state index in [0.29, 0.717) is 10.7 Å². The Labute approximate surface area is 133 Å². The molecule has 2 aromatic rings. The zero-order valence-electron chi connectivity index (χ0n) is 12.2. The van der Waals surface area contributed by atoms with Crippen molar-refractivity contribution >= 4 is 28.1 Å². The van der Waals surface area contributed by atoms with Crippen molar-refractivity contribution in [3.8, 4) is 0 Å². The van der Waals surface area contributed by atoms with Crippen LogP contribution in [-0.2, 0) is 6.54 Å². The molecule has 1 aromatic heterocycles. The summed E-state index contributed by atoms with van der Waals surface area (Å²) in [5.41, 5.74) is 12.6. The Bertz CT molecular complexity index is 646. The van der Waals surface area contributed by atoms with E-state index in [1.165, 1.54) is 4.88 Å². The predicted molar refractivity (Wildman–Crippen MR) is 89.0 cm³/mol. The Balaban J connectivity index is 1.56. The first-order valence-electron chi connectivity index (χ1n) is 7.19. The first kappa shape index (κ1) is 14.8. The lowest BCUT2D eigenvalue weighted by Crippen LogP contribution is -2.45. The van der Waals surface area contributed by atoms with Crippen LogP contribution in [0.15, 0.2) is 30.5 Å². The Morgan fingerprint density at radius 3 is 2.41 bits per heavy atom. The summed E-state index contributed by atoms with van der Waals surface area (Å²) in [6.45, 7) is 4.82. The molecular formula is C15H19N5OS. The fourth-order valence-corrected chi connectivity index (χ4v) is 3.34. The second-order valence-corrected chi connectivity index (χ2v) is 6.49. The fourth-order valence-electron chi connectivity index (χ4n) is 2.62. The summed E-state index contributed by atoms with van der Waals surface area (Å²) in [6.07, 6.45) is 1.86. The van der Waals surface area contributed by atoms with Gasteiger partial charge in [-0.05, 0) is 24.3 Å². The number of hydrogen-bond acceptors (Lipinski definition) is 6. The van der Waals surface area contributed by atoms with Crippen LogP contribution in [0.3, 0.4) is 0 Å². The molecule has 0 aliphatic carbocycles. The van der Waals surface area contributed by atoms with E-state index in [9.17, 15) is 4.79 Å². The van der Waals surface area contributed by atoms with Gasteiger partial charge in [-0.15, -0.1) is 11.3 Å². The third kappa shape index (κ3) is 3.37. The number of benzene rings is 1. The molecule has 22 heavy (non-hydrogen) atoms. The number of aromatic nitrogens is 1. The van der Waals surface area contributed by atoms with Gasteiger partial charge in [0.2, 0.25) is 5.91 Å². The summed E-state index contributed by atoms with van der Waals surface area (Å²) in [7, 11) is 0. The number of thiazole rings is 1. The molecule has 0 saturated carbocycles. The largest absolute Gasteiger partial charge is 0.375 e. The number of anilines is 2. The molecule has 1 aromatic carbocycles. The van der Waals surface area contributed by atoms with E-state index >= 15 is 0 Å². The van der Waals surface area contributed by atoms with Crippen LogP contribution in [0, 0.1) is 0 Å². The summed E-state index contributed by atoms with van der Waals surface area (Å²) in [5.74, 6) is -0.389. The van der Waals surface area contributed by atoms with Crippen LogP contribution in [0.1, 0.15) is 15.2 Å². The molecule has 1 fully saturated rings. The molecule has 4 N–H and O–H groups in total. The molecular weight excluding hydrogens is 298 g/mol. The molecule has 0 bridgehead atoms. The van der Waals surface area contributed by atoms with Gasteiger partial charge in [0.1, 0.15) is 0 Å². The number of hydrogen-bond donors (Lipinski definition) is 2. The number of primary amides is 1. The lowest BCUT2D eigenvalue weighted by molar-refractivity contribution is 0.100. The molecule has 0 radical (unpaired) electrons. The highest BCUT2D eigenvalue weighted by Gasteiger charge is 2.18. The van der Waals surface area contributed by atoms with Gasteiger partial charge in [0.15, 0.2) is 5.13 Å². The van der Waals surface area contributed by atoms with Crippen molar-refractivity contribution in [1.82, 2.24) is 9.88 Å². The van der Waals surface area contributed by atoms with Crippen molar-refractivity contribution in [2.75, 3.05) is 36.8 Å². The molecule has 7 heteroatoms. The smallest absolute Gasteiger partial charge is 0.248 e. The fraction of sp³-hybridized carbons (Fsp3) is 0.333. The number of piperazine rings is 1. The third-order valence-electron chi connectivity index (χ3n) is 3.84. The van der Waals surface area contributed by atoms with E-state index in [1.807, 2.05) is 18.3 Å². The van der Waals surface area contributed by atoms with Crippen molar-refractivity contribution in [2.45, 2.75) is 6.54 Å². The van der Waals surface area contributed by atoms with E-state index in [0.717, 1.165) is 38.4 Å². The highest BCUT2D eigenvalue weighted by molar-refractivity contribution is 7.15. The van der Waals surface area contributed by atoms with E-state index in [2.05, 4.69) is 14.8 Å². The summed E-state index contributed by atoms with van der Waals surface area (Å²) in [4.78, 5) is 21.1. The standard InChI is InChI=1S/C15H19N5OS/c16-14(21)11-1-3-12(4-2-11)20-7-5-19(6-8-20)10-13-9-18-15(17)22-13/h1-4,9H,5-8,10H2,(H2,16,21)(H2,17,18). The summed E-state index contributed by atoms with van der Waals surface area (Å²) < 4.78 is 0. The van der Waals surface area contributed by atoms with E-state index in [4.69, 9.17) is 11.5 Å². The minimum absolute atomic E-state index is 0.389. The number of rotatable bonds is 4. The van der Waals surface area contributed by atoms with Crippen LogP contribution in [-0.4, -0.2) is 42.0 Å². The molecule has 1 aliphatic heterocycles. The molecule has 116 valence electrons. The topological polar surface area (TPSA) is 88.5 Å². The van der Waals surface area contributed by atoms with Gasteiger partial charge in [0, 0.05) is 55.0 Å². The lowest BCUT2D eigenvalue weighted by atomic mass is 10.1. The molecule has 1 aliphatic rings. The van der Waals surface area contributed by atoms with Gasteiger partial charge in [-0.3, -0.25) is 9.69 Å². The maximum absolute atomic E-state index is 11.1. The SMILES string of the molecule is NC(=O)c1ccc(N2CCN(Cc3cnc(N)s3)CC2)cc1. The normalized spacial score (nSPS) is 15.9. The third-order valence-corrected chi connectivity index (χ3v) is 4.65. The lowest BCUT2D eigenvalue weighted by Gasteiger charge is -2.35. The number of nitrogens with zero attached hydrogens (tertiary/aromatic N) is 3. The van der Waals surface area contributed by atoms with Crippen LogP contribution < -0.4 is 16.4 Å². The first-order valence-corrected chi connectivity index (χ1v) is 8.01. The highest BCUT2D eigenvalue weighted by Crippen LogP contribution is 2.20. The van der Waals surface area contributed by atoms with Crippen LogP contribution in [0.5, 0.6) is 0 Å². The minimum atomic E-state index is -0.389. The molecule has 0 atom stereocenters. The summed E-state index contributed by atoms with van der Waals surface area (Å²) in [5, 5.41) is 0.628. The van der Waals surface area contributed by atoms with Crippen LogP contribution in [0.2, 0.25) is 0 Å². The molecule has 0 spiro atoms. The summed E-state index contributed by atoms with van der Waals surface area (Å²) >= 11 is 1.55. The van der Waals surface area contributed by atoms with Crippen LogP contribution >= 0.6 is 11.3 Å². The quantitative estimate of drug-likeness (QED) is 0.883. The van der Waals surface area contributed by atoms with Gasteiger partial charge in [0.05, 0.1) is 0 Å². The van der Waals surface area contributed by atoms with Crippen molar-refractivity contribution in [2.24, 2.45) is 5.73 Å². The van der Waals surface area contributed by atoms with Gasteiger partial charge in [0.25, 0.3) is 0 Å². The molecule has 6 nitrogen and oxygen atoms in total. The monoisotopic (exact) mass is 317 g/mol. The molecule has 1 saturated heterocycles. The van der Waals surface area contributed by atoms with E-state index < -0.39 is 0 Å². The Hall–Kier alpha value is -2.12. The Kier molecular flexibility index (Phi) is 4.26. The van der Waals surface area contributed by atoms with Gasteiger partial charge in [-0.2, -0.15) is 0 Å². The van der Waals surface area contributed by atoms with Gasteiger partial charge >= 0.3 is 0 Å². The second-order valence-electron chi connectivity index (χ2n) is 5.34. The maximum atomic E-state index is 11.1. The first-order chi connectivity index (χ1) is 10.6. The number of nitrogen functional groups attached to an aromatic ring is 1. The number of carbonyl (C=O) groups is 1. The minimum Gasteiger partial charge on any atom is -0.375 e. The van der Waals surface area contributed by atoms with Crippen molar-refractivity contribution < 1.29 is 4.79 Å². The molecule has 0 unspecified atom stereocenters. The zero-order valence-corrected chi connectivity index (χ0v) is 13.1. The molecule has 3 rings (SSSR count). The summed E-state index contributed by atoms with van der Waals surface area (Å²) in [6, 6.07) is 7.48. The van der Waals surface area contributed by atoms with Crippen LogP contribution in [0.25, 0.3) is 0 Å². The van der Waals surface area contributed by atoms with Gasteiger partial charge < -0.3 is 16.4 Å². The Morgan fingerprint density at radius 1 is 1.18 bits per heavy atom. The average Bonchev–Trinajstić information content (AvgIpc) is 2.93. The van der Waals surface area contributed by atoms with Crippen molar-refractivity contribution in [1.29, 1.82) is 0 Å². The Morgan fingerprint density at radius 2 is 1.86 bits per heavy atom. The van der Waals surface area contributed by atoms with Crippen molar-refractivity contribution in [3.05, 3.63) is 40.9 Å². The maximum Gasteiger partial charge on any atom is 0.248 e. The average molecular weight is 317 g/mol. The van der Waals surface area contributed by atoms with Gasteiger partial charge in [-0.1, -0.05) is 0 Å². The van der Waals surface area contributed by atoms with E-state index in [1.54, 1.807) is 23.5 Å². The second kappa shape index (κ2) is 6.33. The molecule has 2 heterocycles. The van der Waals surface area contributed by atoms with Crippen LogP contribution in [0.4, 0.5) is 10.8 Å². The number of amides is 1. The number of carbonyl (C=O) groups excluding carboxylic acids is 1. The van der Waals surface area contributed by atoms with Crippen molar-refractivity contribution in [3.63, 3.8) is 0 Å². The highest BCUT2D eigenvalue weighted by atomic mass is 32.1. The van der Waals surface area contributed by atoms with Gasteiger partial charge in [-0.25, -0.2) is 4.98 Å². The molecule has 1 amide bonds. The van der Waals surface area contributed by atoms with E-state index in [-0.39, 0.29) is 5.91 Å². The predicted octanol–water partition coefficient (Wildman–Crippen LogP) is 1.15. The zero-order chi connectivity index (χ0) is 15.5.